The quantitative estimate of drug-likeness (QED) is 0.802. The molecular formula is C18H20BrNO4. The van der Waals surface area contributed by atoms with E-state index in [4.69, 9.17) is 14.2 Å². The maximum atomic E-state index is 12.2. The van der Waals surface area contributed by atoms with Crippen molar-refractivity contribution in [1.82, 2.24) is 0 Å². The van der Waals surface area contributed by atoms with Crippen LogP contribution in [0.2, 0.25) is 0 Å². The van der Waals surface area contributed by atoms with Crippen LogP contribution in [0.25, 0.3) is 0 Å². The Morgan fingerprint density at radius 1 is 1.00 bits per heavy atom. The highest BCUT2D eigenvalue weighted by Crippen LogP contribution is 2.36. The molecule has 0 aliphatic carbocycles. The highest BCUT2D eigenvalue weighted by atomic mass is 79.9. The summed E-state index contributed by atoms with van der Waals surface area (Å²) in [4.78, 5) is 12.2. The van der Waals surface area contributed by atoms with E-state index >= 15 is 0 Å². The third-order valence-corrected chi connectivity index (χ3v) is 3.93. The van der Waals surface area contributed by atoms with Gasteiger partial charge < -0.3 is 19.5 Å². The average Bonchev–Trinajstić information content (AvgIpc) is 2.53. The van der Waals surface area contributed by atoms with E-state index in [-0.39, 0.29) is 12.5 Å². The van der Waals surface area contributed by atoms with E-state index in [2.05, 4.69) is 21.2 Å². The predicted octanol–water partition coefficient (Wildman–Crippen LogP) is 4.10. The molecule has 2 aromatic rings. The van der Waals surface area contributed by atoms with Crippen molar-refractivity contribution < 1.29 is 19.0 Å². The lowest BCUT2D eigenvalue weighted by atomic mass is 10.1. The Morgan fingerprint density at radius 2 is 1.62 bits per heavy atom. The van der Waals surface area contributed by atoms with Crippen LogP contribution in [0.15, 0.2) is 34.8 Å². The average molecular weight is 394 g/mol. The fourth-order valence-corrected chi connectivity index (χ4v) is 2.79. The van der Waals surface area contributed by atoms with Crippen LogP contribution in [0.3, 0.4) is 0 Å². The Morgan fingerprint density at radius 3 is 2.21 bits per heavy atom. The summed E-state index contributed by atoms with van der Waals surface area (Å²) in [6.45, 7) is 3.88. The number of anilines is 1. The lowest BCUT2D eigenvalue weighted by molar-refractivity contribution is -0.118. The molecule has 0 fully saturated rings. The van der Waals surface area contributed by atoms with Gasteiger partial charge in [-0.1, -0.05) is 6.07 Å². The number of ether oxygens (including phenoxy) is 3. The van der Waals surface area contributed by atoms with Gasteiger partial charge in [-0.2, -0.15) is 0 Å². The fourth-order valence-electron chi connectivity index (χ4n) is 2.31. The fraction of sp³-hybridized carbons (Fsp3) is 0.278. The van der Waals surface area contributed by atoms with Gasteiger partial charge in [0.05, 0.1) is 24.4 Å². The highest BCUT2D eigenvalue weighted by molar-refractivity contribution is 9.10. The first-order valence-electron chi connectivity index (χ1n) is 7.35. The van der Waals surface area contributed by atoms with Gasteiger partial charge in [0.2, 0.25) is 0 Å². The van der Waals surface area contributed by atoms with Crippen LogP contribution in [-0.4, -0.2) is 26.7 Å². The van der Waals surface area contributed by atoms with Crippen molar-refractivity contribution in [3.63, 3.8) is 0 Å². The molecule has 2 rings (SSSR count). The van der Waals surface area contributed by atoms with Crippen LogP contribution in [0.1, 0.15) is 11.1 Å². The number of hydrogen-bond donors (Lipinski definition) is 1. The van der Waals surface area contributed by atoms with Gasteiger partial charge >= 0.3 is 0 Å². The van der Waals surface area contributed by atoms with E-state index in [1.54, 1.807) is 19.2 Å². The number of hydrogen-bond acceptors (Lipinski definition) is 4. The number of aryl methyl sites for hydroxylation is 2. The van der Waals surface area contributed by atoms with Gasteiger partial charge in [-0.05, 0) is 53.0 Å². The van der Waals surface area contributed by atoms with Crippen LogP contribution < -0.4 is 19.5 Å². The summed E-state index contributed by atoms with van der Waals surface area (Å²) in [5, 5.41) is 2.77. The first-order chi connectivity index (χ1) is 11.4. The molecule has 6 heteroatoms. The van der Waals surface area contributed by atoms with Crippen LogP contribution in [0.4, 0.5) is 5.69 Å². The van der Waals surface area contributed by atoms with Crippen molar-refractivity contribution in [2.24, 2.45) is 0 Å². The molecule has 1 N–H and O–H groups in total. The minimum atomic E-state index is -0.281. The summed E-state index contributed by atoms with van der Waals surface area (Å²) in [6, 6.07) is 9.26. The van der Waals surface area contributed by atoms with Gasteiger partial charge in [0.15, 0.2) is 6.61 Å². The molecule has 0 saturated carbocycles. The third kappa shape index (κ3) is 4.64. The van der Waals surface area contributed by atoms with E-state index in [0.29, 0.717) is 22.9 Å². The number of carbonyl (C=O) groups is 1. The smallest absolute Gasteiger partial charge is 0.262 e. The maximum Gasteiger partial charge on any atom is 0.262 e. The van der Waals surface area contributed by atoms with E-state index in [9.17, 15) is 4.79 Å². The molecule has 24 heavy (non-hydrogen) atoms. The van der Waals surface area contributed by atoms with Gasteiger partial charge in [-0.25, -0.2) is 0 Å². The SMILES string of the molecule is COc1cc(NC(=O)COc2cc(C)cc(C)c2)c(OC)cc1Br. The second-order valence-corrected chi connectivity index (χ2v) is 6.20. The van der Waals surface area contributed by atoms with Gasteiger partial charge in [0, 0.05) is 12.1 Å². The number of nitrogens with one attached hydrogen (secondary N) is 1. The number of carbonyl (C=O) groups excluding carboxylic acids is 1. The lowest BCUT2D eigenvalue weighted by Crippen LogP contribution is -2.20. The van der Waals surface area contributed by atoms with Crippen molar-refractivity contribution in [3.05, 3.63) is 45.9 Å². The van der Waals surface area contributed by atoms with Crippen LogP contribution >= 0.6 is 15.9 Å². The number of rotatable bonds is 6. The third-order valence-electron chi connectivity index (χ3n) is 3.31. The molecule has 0 unspecified atom stereocenters. The first kappa shape index (κ1) is 18.1. The Hall–Kier alpha value is -2.21. The second kappa shape index (κ2) is 8.06. The normalized spacial score (nSPS) is 10.2. The number of halogens is 1. The summed E-state index contributed by atoms with van der Waals surface area (Å²) in [7, 11) is 3.09. The summed E-state index contributed by atoms with van der Waals surface area (Å²) in [5.74, 6) is 1.52. The van der Waals surface area contributed by atoms with Crippen LogP contribution in [0.5, 0.6) is 17.2 Å². The Bertz CT molecular complexity index is 726. The zero-order valence-electron chi connectivity index (χ0n) is 14.1. The standard InChI is InChI=1S/C18H20BrNO4/c1-11-5-12(2)7-13(6-11)24-10-18(21)20-15-9-16(22-3)14(19)8-17(15)23-4/h5-9H,10H2,1-4H3,(H,20,21). The predicted molar refractivity (Wildman–Crippen MR) is 97.3 cm³/mol. The van der Waals surface area contributed by atoms with Gasteiger partial charge in [0.1, 0.15) is 17.2 Å². The first-order valence-corrected chi connectivity index (χ1v) is 8.14. The topological polar surface area (TPSA) is 56.8 Å². The van der Waals surface area contributed by atoms with Gasteiger partial charge in [0.25, 0.3) is 5.91 Å². The van der Waals surface area contributed by atoms with Crippen LogP contribution in [0, 0.1) is 13.8 Å². The van der Waals surface area contributed by atoms with E-state index in [1.807, 2.05) is 32.0 Å². The maximum absolute atomic E-state index is 12.2. The zero-order chi connectivity index (χ0) is 17.7. The molecular weight excluding hydrogens is 374 g/mol. The second-order valence-electron chi connectivity index (χ2n) is 5.35. The molecule has 128 valence electrons. The van der Waals surface area contributed by atoms with E-state index in [0.717, 1.165) is 15.6 Å². The Kier molecular flexibility index (Phi) is 6.09. The molecule has 5 nitrogen and oxygen atoms in total. The number of benzene rings is 2. The van der Waals surface area contributed by atoms with E-state index in [1.165, 1.54) is 7.11 Å². The Balaban J connectivity index is 2.06. The summed E-state index contributed by atoms with van der Waals surface area (Å²) in [5.41, 5.74) is 2.70. The zero-order valence-corrected chi connectivity index (χ0v) is 15.7. The Labute approximate surface area is 150 Å². The van der Waals surface area contributed by atoms with Crippen molar-refractivity contribution in [2.45, 2.75) is 13.8 Å². The minimum Gasteiger partial charge on any atom is -0.495 e. The van der Waals surface area contributed by atoms with Crippen molar-refractivity contribution in [3.8, 4) is 17.2 Å². The van der Waals surface area contributed by atoms with Crippen molar-refractivity contribution in [2.75, 3.05) is 26.1 Å². The molecule has 0 heterocycles. The molecule has 0 bridgehead atoms. The lowest BCUT2D eigenvalue weighted by Gasteiger charge is -2.14. The number of methoxy groups -OCH3 is 2. The van der Waals surface area contributed by atoms with Crippen molar-refractivity contribution >= 4 is 27.5 Å². The summed E-state index contributed by atoms with van der Waals surface area (Å²) >= 11 is 3.38. The largest absolute Gasteiger partial charge is 0.495 e. The van der Waals surface area contributed by atoms with Gasteiger partial charge in [-0.15, -0.1) is 0 Å². The monoisotopic (exact) mass is 393 g/mol. The van der Waals surface area contributed by atoms with Crippen molar-refractivity contribution in [1.29, 1.82) is 0 Å². The molecule has 0 saturated heterocycles. The molecule has 0 aliphatic rings. The molecule has 0 spiro atoms. The molecule has 1 amide bonds. The summed E-state index contributed by atoms with van der Waals surface area (Å²) in [6.07, 6.45) is 0. The minimum absolute atomic E-state index is 0.0928. The molecule has 0 aliphatic heterocycles. The van der Waals surface area contributed by atoms with Gasteiger partial charge in [-0.3, -0.25) is 4.79 Å². The molecule has 2 aromatic carbocycles. The number of amides is 1. The molecule has 0 atom stereocenters. The van der Waals surface area contributed by atoms with Crippen LogP contribution in [-0.2, 0) is 4.79 Å². The highest BCUT2D eigenvalue weighted by Gasteiger charge is 2.13. The molecule has 0 aromatic heterocycles. The van der Waals surface area contributed by atoms with E-state index < -0.39 is 0 Å². The summed E-state index contributed by atoms with van der Waals surface area (Å²) < 4.78 is 16.8. The molecule has 0 radical (unpaired) electrons.